The molecule has 0 aromatic carbocycles. The molecule has 0 saturated heterocycles. The summed E-state index contributed by atoms with van der Waals surface area (Å²) in [6.07, 6.45) is 0. The molecule has 0 aromatic heterocycles. The van der Waals surface area contributed by atoms with Crippen molar-refractivity contribution in [3.8, 4) is 0 Å². The Kier molecular flexibility index (Phi) is 3.05. The van der Waals surface area contributed by atoms with E-state index in [4.69, 9.17) is 4.57 Å². The molecular weight excluding hydrogens is 73.0 g/mol. The predicted octanol–water partition coefficient (Wildman–Crippen LogP) is 1.09. The van der Waals surface area contributed by atoms with E-state index in [9.17, 15) is 0 Å². The van der Waals surface area contributed by atoms with Gasteiger partial charge in [-0.1, -0.05) is 0 Å². The Morgan fingerprint density at radius 2 is 2.25 bits per heavy atom. The van der Waals surface area contributed by atoms with Crippen molar-refractivity contribution in [3.63, 3.8) is 0 Å². The maximum atomic E-state index is 9.10. The first-order valence-corrected chi connectivity index (χ1v) is 1.59. The van der Waals surface area contributed by atoms with Crippen LogP contribution in [0.2, 0.25) is 0 Å². The maximum absolute atomic E-state index is 9.10. The van der Waals surface area contributed by atoms with Gasteiger partial charge in [0.15, 0.2) is 0 Å². The molecule has 2 nitrogen and oxygen atoms in total. The molecule has 0 aliphatic carbocycles. The van der Waals surface area contributed by atoms with Crippen molar-refractivity contribution in [1.29, 1.82) is 0 Å². The summed E-state index contributed by atoms with van der Waals surface area (Å²) >= 11 is 0. The molecule has 0 saturated carbocycles. The molecule has 3 heteroatoms. The number of nitrogens with zero attached hydrogens (tertiary/aromatic N) is 1. The van der Waals surface area contributed by atoms with Gasteiger partial charge >= 0.3 is 24.6 Å². The van der Waals surface area contributed by atoms with Crippen LogP contribution < -0.4 is 0 Å². The molecule has 0 rings (SSSR count). The molecule has 22 valence electrons. The summed E-state index contributed by atoms with van der Waals surface area (Å²) in [6, 6.07) is 0. The van der Waals surface area contributed by atoms with Gasteiger partial charge in [0.1, 0.15) is 0 Å². The fourth-order valence-electron chi connectivity index (χ4n) is 0. The first-order valence-electron chi connectivity index (χ1n) is 0.830. The van der Waals surface area contributed by atoms with Gasteiger partial charge in [-0.05, 0) is 0 Å². The molecule has 0 aliphatic rings. The van der Waals surface area contributed by atoms with Crippen molar-refractivity contribution in [2.24, 2.45) is 4.74 Å². The van der Waals surface area contributed by atoms with Crippen molar-refractivity contribution in [3.05, 3.63) is 0 Å². The predicted molar refractivity (Wildman–Crippen MR) is 16.0 cm³/mol. The van der Waals surface area contributed by atoms with E-state index >= 15 is 0 Å². The Morgan fingerprint density at radius 3 is 2.25 bits per heavy atom. The van der Waals surface area contributed by atoms with E-state index in [2.05, 4.69) is 4.74 Å². The van der Waals surface area contributed by atoms with Gasteiger partial charge in [0, 0.05) is 0 Å². The molecule has 0 radical (unpaired) electrons. The molecule has 0 amide bonds. The Balaban J connectivity index is 3.11. The van der Waals surface area contributed by atoms with Crippen LogP contribution in [-0.4, -0.2) is 7.05 Å². The van der Waals surface area contributed by atoms with Crippen molar-refractivity contribution in [2.45, 2.75) is 0 Å². The number of rotatable bonds is 0. The summed E-state index contributed by atoms with van der Waals surface area (Å²) in [4.78, 5) is 0. The first-order chi connectivity index (χ1) is 1.91. The van der Waals surface area contributed by atoms with E-state index in [0.29, 0.717) is 0 Å². The van der Waals surface area contributed by atoms with Crippen LogP contribution in [0.1, 0.15) is 0 Å². The van der Waals surface area contributed by atoms with Crippen LogP contribution in [0.15, 0.2) is 4.74 Å². The summed E-state index contributed by atoms with van der Waals surface area (Å²) in [5, 5.41) is 0. The van der Waals surface area contributed by atoms with Crippen LogP contribution in [0.3, 0.4) is 0 Å². The van der Waals surface area contributed by atoms with Gasteiger partial charge in [-0.25, -0.2) is 0 Å². The summed E-state index contributed by atoms with van der Waals surface area (Å²) in [7, 11) is 1.35. The van der Waals surface area contributed by atoms with Crippen LogP contribution in [0.25, 0.3) is 0 Å². The second-order valence-electron chi connectivity index (χ2n) is 0.282. The van der Waals surface area contributed by atoms with Crippen molar-refractivity contribution in [1.82, 2.24) is 0 Å². The third kappa shape index (κ3) is 2.03. The second-order valence-corrected chi connectivity index (χ2v) is 0.845. The molecule has 0 spiro atoms. The minimum atomic E-state index is -0.127. The normalized spacial score (nSPS) is 5.25. The van der Waals surface area contributed by atoms with Gasteiger partial charge < -0.3 is 0 Å². The van der Waals surface area contributed by atoms with E-state index in [1.54, 1.807) is 0 Å². The molecule has 0 unspecified atom stereocenters. The molecule has 0 heterocycles. The zero-order valence-corrected chi connectivity index (χ0v) is 3.20. The summed E-state index contributed by atoms with van der Waals surface area (Å²) in [5.74, 6) is 0. The number of hydrogen-bond donors (Lipinski definition) is 0. The third-order valence-corrected chi connectivity index (χ3v) is 0.245. The molecule has 0 atom stereocenters. The van der Waals surface area contributed by atoms with E-state index in [1.165, 1.54) is 7.05 Å². The van der Waals surface area contributed by atoms with E-state index in [-0.39, 0.29) is 8.25 Å². The van der Waals surface area contributed by atoms with Gasteiger partial charge in [0.05, 0.1) is 0 Å². The van der Waals surface area contributed by atoms with Crippen molar-refractivity contribution >= 4 is 8.25 Å². The summed E-state index contributed by atoms with van der Waals surface area (Å²) in [5.41, 5.74) is 0. The summed E-state index contributed by atoms with van der Waals surface area (Å²) in [6.45, 7) is 0. The second kappa shape index (κ2) is 3.03. The zero-order valence-electron chi connectivity index (χ0n) is 2.30. The Morgan fingerprint density at radius 1 is 2.00 bits per heavy atom. The Bertz CT molecular complexity index is 46.0. The fraction of sp³-hybridized carbons (Fsp3) is 1.00. The van der Waals surface area contributed by atoms with Crippen molar-refractivity contribution < 1.29 is 4.57 Å². The van der Waals surface area contributed by atoms with E-state index in [1.807, 2.05) is 0 Å². The van der Waals surface area contributed by atoms with Gasteiger partial charge in [-0.2, -0.15) is 0 Å². The van der Waals surface area contributed by atoms with Crippen LogP contribution in [0.4, 0.5) is 0 Å². The Labute approximate surface area is 25.8 Å². The van der Waals surface area contributed by atoms with Crippen molar-refractivity contribution in [2.75, 3.05) is 7.05 Å². The molecule has 4 heavy (non-hydrogen) atoms. The summed E-state index contributed by atoms with van der Waals surface area (Å²) < 4.78 is 12.3. The average molecular weight is 76.0 g/mol. The Hall–Kier alpha value is 0.0300. The van der Waals surface area contributed by atoms with Crippen LogP contribution in [0, 0.1) is 0 Å². The topological polar surface area (TPSA) is 29.4 Å². The molecule has 0 aromatic rings. The van der Waals surface area contributed by atoms with Gasteiger partial charge in [0.25, 0.3) is 0 Å². The van der Waals surface area contributed by atoms with Crippen LogP contribution in [0.5, 0.6) is 0 Å². The van der Waals surface area contributed by atoms with Crippen LogP contribution >= 0.6 is 8.25 Å². The zero-order chi connectivity index (χ0) is 3.41. The molecule has 0 fully saturated rings. The number of hydrogen-bond acceptors (Lipinski definition) is 2. The monoisotopic (exact) mass is 76.0 g/mol. The quantitative estimate of drug-likeness (QED) is 0.397. The van der Waals surface area contributed by atoms with E-state index < -0.39 is 0 Å². The average Bonchev–Trinajstić information content (AvgIpc) is 1.37. The molecule has 0 aliphatic heterocycles. The first kappa shape index (κ1) is 4.03. The van der Waals surface area contributed by atoms with Gasteiger partial charge in [-0.3, -0.25) is 0 Å². The van der Waals surface area contributed by atoms with E-state index in [0.717, 1.165) is 0 Å². The molecule has 0 bridgehead atoms. The third-order valence-electron chi connectivity index (χ3n) is 0.0816. The van der Waals surface area contributed by atoms with Crippen LogP contribution in [-0.2, 0) is 4.57 Å². The minimum absolute atomic E-state index is 0.127. The van der Waals surface area contributed by atoms with Gasteiger partial charge in [-0.15, -0.1) is 0 Å². The molecular formula is CH3NOP+. The van der Waals surface area contributed by atoms with Gasteiger partial charge in [0.2, 0.25) is 0 Å². The molecule has 0 N–H and O–H groups in total. The fourth-order valence-corrected chi connectivity index (χ4v) is 0. The standard InChI is InChI=1S/CH3NOP/c1-2-4-3/h1H3/q+1. The SMILES string of the molecule is CN=[P+]=O.